The molecule has 0 aliphatic heterocycles. The molecule has 0 bridgehead atoms. The Morgan fingerprint density at radius 1 is 1.40 bits per heavy atom. The summed E-state index contributed by atoms with van der Waals surface area (Å²) in [5.41, 5.74) is 7.14. The maximum absolute atomic E-state index is 6.10. The third-order valence-electron chi connectivity index (χ3n) is 2.48. The second-order valence-corrected chi connectivity index (χ2v) is 5.09. The molecule has 15 heavy (non-hydrogen) atoms. The van der Waals surface area contributed by atoms with Crippen molar-refractivity contribution in [3.63, 3.8) is 0 Å². The summed E-state index contributed by atoms with van der Waals surface area (Å²) >= 11 is 9.54. The summed E-state index contributed by atoms with van der Waals surface area (Å²) in [5, 5.41) is 0.766. The van der Waals surface area contributed by atoms with Gasteiger partial charge in [0.2, 0.25) is 0 Å². The van der Waals surface area contributed by atoms with Gasteiger partial charge in [0.05, 0.1) is 0 Å². The summed E-state index contributed by atoms with van der Waals surface area (Å²) in [6.07, 6.45) is 4.63. The van der Waals surface area contributed by atoms with E-state index in [9.17, 15) is 0 Å². The molecule has 0 aliphatic rings. The summed E-state index contributed by atoms with van der Waals surface area (Å²) in [4.78, 5) is 0. The van der Waals surface area contributed by atoms with Gasteiger partial charge in [-0.3, -0.25) is 0 Å². The van der Waals surface area contributed by atoms with Gasteiger partial charge in [-0.25, -0.2) is 0 Å². The van der Waals surface area contributed by atoms with Gasteiger partial charge < -0.3 is 5.73 Å². The van der Waals surface area contributed by atoms with Crippen molar-refractivity contribution < 1.29 is 0 Å². The van der Waals surface area contributed by atoms with E-state index in [0.29, 0.717) is 0 Å². The zero-order chi connectivity index (χ0) is 11.3. The average Bonchev–Trinajstić information content (AvgIpc) is 2.22. The third kappa shape index (κ3) is 4.13. The number of hydrogen-bond donors (Lipinski definition) is 1. The molecular formula is C12H17BrClN. The lowest BCUT2D eigenvalue weighted by Gasteiger charge is -2.13. The van der Waals surface area contributed by atoms with Crippen LogP contribution in [-0.4, -0.2) is 0 Å². The maximum atomic E-state index is 6.10. The van der Waals surface area contributed by atoms with Gasteiger partial charge in [0.1, 0.15) is 0 Å². The van der Waals surface area contributed by atoms with Gasteiger partial charge in [-0.05, 0) is 30.2 Å². The smallest absolute Gasteiger partial charge is 0.0454 e. The Morgan fingerprint density at radius 2 is 2.13 bits per heavy atom. The number of rotatable bonds is 5. The van der Waals surface area contributed by atoms with Crippen LogP contribution in [-0.2, 0) is 0 Å². The minimum absolute atomic E-state index is 0.0570. The van der Waals surface area contributed by atoms with Crippen LogP contribution in [0.3, 0.4) is 0 Å². The monoisotopic (exact) mass is 289 g/mol. The third-order valence-corrected chi connectivity index (χ3v) is 3.31. The number of halogens is 2. The molecule has 0 saturated heterocycles. The molecule has 0 fully saturated rings. The highest BCUT2D eigenvalue weighted by molar-refractivity contribution is 9.10. The van der Waals surface area contributed by atoms with E-state index in [2.05, 4.69) is 22.9 Å². The first-order valence-electron chi connectivity index (χ1n) is 5.35. The minimum Gasteiger partial charge on any atom is -0.324 e. The lowest BCUT2D eigenvalue weighted by atomic mass is 10.0. The van der Waals surface area contributed by atoms with E-state index in [1.54, 1.807) is 0 Å². The van der Waals surface area contributed by atoms with Crippen molar-refractivity contribution in [3.8, 4) is 0 Å². The van der Waals surface area contributed by atoms with Crippen LogP contribution in [0, 0.1) is 0 Å². The Morgan fingerprint density at radius 3 is 2.80 bits per heavy atom. The molecule has 0 radical (unpaired) electrons. The largest absolute Gasteiger partial charge is 0.324 e. The fourth-order valence-corrected chi connectivity index (χ4v) is 2.20. The molecule has 1 aromatic carbocycles. The fraction of sp³-hybridized carbons (Fsp3) is 0.500. The molecule has 3 heteroatoms. The van der Waals surface area contributed by atoms with E-state index in [-0.39, 0.29) is 6.04 Å². The molecule has 2 N–H and O–H groups in total. The highest BCUT2D eigenvalue weighted by Crippen LogP contribution is 2.27. The second kappa shape index (κ2) is 6.51. The quantitative estimate of drug-likeness (QED) is 0.783. The molecule has 1 atom stereocenters. The number of unbranched alkanes of at least 4 members (excludes halogenated alkanes) is 2. The van der Waals surface area contributed by atoms with Crippen LogP contribution in [0.25, 0.3) is 0 Å². The highest BCUT2D eigenvalue weighted by Gasteiger charge is 2.09. The Bertz CT molecular complexity index is 314. The van der Waals surface area contributed by atoms with Crippen molar-refractivity contribution >= 4 is 27.5 Å². The first kappa shape index (κ1) is 13.0. The summed E-state index contributed by atoms with van der Waals surface area (Å²) in [7, 11) is 0. The Hall–Kier alpha value is -0.0500. The first-order chi connectivity index (χ1) is 7.15. The topological polar surface area (TPSA) is 26.0 Å². The molecule has 0 saturated carbocycles. The normalized spacial score (nSPS) is 12.8. The van der Waals surface area contributed by atoms with E-state index < -0.39 is 0 Å². The van der Waals surface area contributed by atoms with Crippen LogP contribution in [0.15, 0.2) is 22.7 Å². The van der Waals surface area contributed by atoms with Crippen LogP contribution in [0.2, 0.25) is 5.02 Å². The minimum atomic E-state index is 0.0570. The molecule has 0 spiro atoms. The maximum Gasteiger partial charge on any atom is 0.0454 e. The predicted molar refractivity (Wildman–Crippen MR) is 70.2 cm³/mol. The van der Waals surface area contributed by atoms with Crippen molar-refractivity contribution in [1.82, 2.24) is 0 Å². The molecule has 0 heterocycles. The molecule has 0 amide bonds. The van der Waals surface area contributed by atoms with Gasteiger partial charge in [0.15, 0.2) is 0 Å². The molecule has 0 unspecified atom stereocenters. The van der Waals surface area contributed by atoms with Crippen LogP contribution in [0.1, 0.15) is 44.2 Å². The SMILES string of the molecule is CCCCC[C@@H](N)c1cc(Br)ccc1Cl. The van der Waals surface area contributed by atoms with E-state index in [1.807, 2.05) is 18.2 Å². The van der Waals surface area contributed by atoms with Crippen molar-refractivity contribution in [2.24, 2.45) is 5.73 Å². The average molecular weight is 291 g/mol. The summed E-state index contributed by atoms with van der Waals surface area (Å²) in [6, 6.07) is 5.89. The first-order valence-corrected chi connectivity index (χ1v) is 6.52. The zero-order valence-electron chi connectivity index (χ0n) is 8.97. The van der Waals surface area contributed by atoms with E-state index in [1.165, 1.54) is 19.3 Å². The van der Waals surface area contributed by atoms with E-state index in [0.717, 1.165) is 21.5 Å². The molecule has 0 aromatic heterocycles. The van der Waals surface area contributed by atoms with Crippen molar-refractivity contribution in [3.05, 3.63) is 33.3 Å². The standard InChI is InChI=1S/C12H17BrClN/c1-2-3-4-5-12(15)10-8-9(13)6-7-11(10)14/h6-8,12H,2-5,15H2,1H3/t12-/m1/s1. The van der Waals surface area contributed by atoms with Gasteiger partial charge in [-0.15, -0.1) is 0 Å². The lowest BCUT2D eigenvalue weighted by molar-refractivity contribution is 0.581. The van der Waals surface area contributed by atoms with Crippen LogP contribution in [0.4, 0.5) is 0 Å². The molecular weight excluding hydrogens is 273 g/mol. The lowest BCUT2D eigenvalue weighted by Crippen LogP contribution is -2.10. The number of hydrogen-bond acceptors (Lipinski definition) is 1. The van der Waals surface area contributed by atoms with Gasteiger partial charge in [0.25, 0.3) is 0 Å². The second-order valence-electron chi connectivity index (χ2n) is 3.77. The van der Waals surface area contributed by atoms with Crippen LogP contribution in [0.5, 0.6) is 0 Å². The Kier molecular flexibility index (Phi) is 5.65. The van der Waals surface area contributed by atoms with Crippen molar-refractivity contribution in [2.45, 2.75) is 38.6 Å². The van der Waals surface area contributed by atoms with Gasteiger partial charge >= 0.3 is 0 Å². The predicted octanol–water partition coefficient (Wildman–Crippen LogP) is 4.68. The summed E-state index contributed by atoms with van der Waals surface area (Å²) in [5.74, 6) is 0. The van der Waals surface area contributed by atoms with E-state index >= 15 is 0 Å². The molecule has 1 nitrogen and oxygen atoms in total. The number of benzene rings is 1. The highest BCUT2D eigenvalue weighted by atomic mass is 79.9. The van der Waals surface area contributed by atoms with Gasteiger partial charge in [-0.1, -0.05) is 53.7 Å². The van der Waals surface area contributed by atoms with E-state index in [4.69, 9.17) is 17.3 Å². The summed E-state index contributed by atoms with van der Waals surface area (Å²) < 4.78 is 1.04. The van der Waals surface area contributed by atoms with Crippen molar-refractivity contribution in [1.29, 1.82) is 0 Å². The molecule has 1 aromatic rings. The molecule has 0 aliphatic carbocycles. The van der Waals surface area contributed by atoms with Crippen molar-refractivity contribution in [2.75, 3.05) is 0 Å². The zero-order valence-corrected chi connectivity index (χ0v) is 11.3. The molecule has 1 rings (SSSR count). The summed E-state index contributed by atoms with van der Waals surface area (Å²) in [6.45, 7) is 2.19. The van der Waals surface area contributed by atoms with Crippen LogP contribution >= 0.6 is 27.5 Å². The van der Waals surface area contributed by atoms with Crippen LogP contribution < -0.4 is 5.73 Å². The number of nitrogens with two attached hydrogens (primary N) is 1. The Labute approximate surface area is 105 Å². The van der Waals surface area contributed by atoms with Gasteiger partial charge in [-0.2, -0.15) is 0 Å². The fourth-order valence-electron chi connectivity index (χ4n) is 1.57. The molecule has 84 valence electrons. The Balaban J connectivity index is 2.64. The van der Waals surface area contributed by atoms with Gasteiger partial charge in [0, 0.05) is 15.5 Å².